The second-order valence-electron chi connectivity index (χ2n) is 22.4. The molecule has 1 heterocycles. The number of primary amides is 1. The number of imide groups is 1. The van der Waals surface area contributed by atoms with Crippen LogP contribution in [0.1, 0.15) is 183 Å². The van der Waals surface area contributed by atoms with Crippen molar-refractivity contribution in [2.45, 2.75) is 196 Å². The summed E-state index contributed by atoms with van der Waals surface area (Å²) in [5, 5.41) is 26.8. The van der Waals surface area contributed by atoms with Crippen LogP contribution in [0.3, 0.4) is 0 Å². The first-order valence-electron chi connectivity index (χ1n) is 29.7. The third-order valence-corrected chi connectivity index (χ3v) is 16.7. The van der Waals surface area contributed by atoms with Crippen LogP contribution in [-0.2, 0) is 52.6 Å². The predicted octanol–water partition coefficient (Wildman–Crippen LogP) is 12.0. The van der Waals surface area contributed by atoms with E-state index in [0.717, 1.165) is 36.5 Å². The number of esters is 3. The van der Waals surface area contributed by atoms with Crippen LogP contribution in [0.2, 0.25) is 0 Å². The number of fused-ring (bicyclic) bond motifs is 3. The van der Waals surface area contributed by atoms with Crippen molar-refractivity contribution in [2.75, 3.05) is 13.2 Å². The molecule has 3 amide bonds. The van der Waals surface area contributed by atoms with Crippen LogP contribution in [0.5, 0.6) is 0 Å². The highest BCUT2D eigenvalue weighted by molar-refractivity contribution is 7.81. The van der Waals surface area contributed by atoms with Gasteiger partial charge in [-0.1, -0.05) is 146 Å². The number of hydrogen-bond acceptors (Lipinski definition) is 14. The molecule has 4 aliphatic carbocycles. The number of Topliss-reactive ketones (excluding diaryl/α,β-unsaturated/α-hetero) is 1. The van der Waals surface area contributed by atoms with E-state index in [9.17, 15) is 43.5 Å². The minimum absolute atomic E-state index is 0.0874. The molecule has 1 saturated heterocycles. The van der Waals surface area contributed by atoms with Gasteiger partial charge in [0.1, 0.15) is 23.6 Å². The fraction of sp³-hybridized carbons (Fsp3) is 0.567. The number of nitrogens with two attached hydrogens (primary N) is 1. The van der Waals surface area contributed by atoms with Crippen LogP contribution in [0, 0.1) is 34.5 Å². The van der Waals surface area contributed by atoms with Crippen LogP contribution in [0.15, 0.2) is 114 Å². The molecule has 5 N–H and O–H groups in total. The van der Waals surface area contributed by atoms with Crippen molar-refractivity contribution in [3.8, 4) is 0 Å². The Bertz CT molecular complexity index is 2600. The number of hydrogen-bond donors (Lipinski definition) is 5. The van der Waals surface area contributed by atoms with E-state index in [1.54, 1.807) is 61.6 Å². The molecule has 4 fully saturated rings. The topological polar surface area (TPSA) is 271 Å². The van der Waals surface area contributed by atoms with Gasteiger partial charge in [0.2, 0.25) is 17.7 Å². The number of nitrogens with zero attached hydrogens (tertiary/aromatic N) is 1. The number of ketones is 1. The van der Waals surface area contributed by atoms with Gasteiger partial charge in [0.15, 0.2) is 0 Å². The first kappa shape index (κ1) is 76.4. The van der Waals surface area contributed by atoms with E-state index in [2.05, 4.69) is 39.6 Å². The lowest BCUT2D eigenvalue weighted by Gasteiger charge is -2.59. The summed E-state index contributed by atoms with van der Waals surface area (Å²) in [5.74, 6) is -5.31. The van der Waals surface area contributed by atoms with Gasteiger partial charge in [-0.3, -0.25) is 43.3 Å². The van der Waals surface area contributed by atoms with Gasteiger partial charge in [0, 0.05) is 56.6 Å². The summed E-state index contributed by atoms with van der Waals surface area (Å²) in [5.41, 5.74) is 5.25. The Morgan fingerprint density at radius 2 is 1.42 bits per heavy atom. The molecule has 7 atom stereocenters. The molecule has 17 nitrogen and oxygen atoms in total. The van der Waals surface area contributed by atoms with Gasteiger partial charge < -0.3 is 35.3 Å². The maximum absolute atomic E-state index is 14.6. The molecule has 2 bridgehead atoms. The third kappa shape index (κ3) is 22.6. The van der Waals surface area contributed by atoms with E-state index >= 15 is 0 Å². The van der Waals surface area contributed by atoms with E-state index in [1.807, 2.05) is 72.8 Å². The maximum Gasteiger partial charge on any atom is 0.338 e. The van der Waals surface area contributed by atoms with E-state index in [4.69, 9.17) is 35.0 Å². The summed E-state index contributed by atoms with van der Waals surface area (Å²) < 4.78 is 18.7. The molecule has 5 aliphatic rings. The molecular formula is C67H98N2O15S. The predicted molar refractivity (Wildman–Crippen MR) is 334 cm³/mol. The molecule has 85 heavy (non-hydrogen) atoms. The number of thiol groups is 1. The number of allylic oxidation sites excluding steroid dienone is 9. The lowest BCUT2D eigenvalue weighted by Crippen LogP contribution is -2.66. The largest absolute Gasteiger partial charge is 0.481 e. The van der Waals surface area contributed by atoms with Crippen molar-refractivity contribution in [2.24, 2.45) is 40.2 Å². The number of carbonyl (C=O) groups excluding carboxylic acids is 7. The zero-order valence-corrected chi connectivity index (χ0v) is 53.4. The number of aliphatic hydroxyl groups is 1. The Morgan fingerprint density at radius 3 is 1.88 bits per heavy atom. The fourth-order valence-corrected chi connectivity index (χ4v) is 11.9. The van der Waals surface area contributed by atoms with Crippen molar-refractivity contribution in [1.82, 2.24) is 4.90 Å². The molecule has 3 saturated carbocycles. The second-order valence-corrected chi connectivity index (χ2v) is 23.0. The quantitative estimate of drug-likeness (QED) is 0.0185. The average Bonchev–Trinajstić information content (AvgIpc) is 1.14. The van der Waals surface area contributed by atoms with Gasteiger partial charge in [0.25, 0.3) is 5.97 Å². The van der Waals surface area contributed by atoms with E-state index < -0.39 is 76.2 Å². The second kappa shape index (κ2) is 37.7. The van der Waals surface area contributed by atoms with Crippen LogP contribution in [0.25, 0.3) is 0 Å². The average molecular weight is 1200 g/mol. The smallest absolute Gasteiger partial charge is 0.338 e. The van der Waals surface area contributed by atoms with E-state index in [-0.39, 0.29) is 66.1 Å². The highest BCUT2D eigenvalue weighted by Crippen LogP contribution is 2.60. The summed E-state index contributed by atoms with van der Waals surface area (Å²) in [7, 11) is 0. The number of rotatable bonds is 17. The Balaban J connectivity index is 0.000000782. The summed E-state index contributed by atoms with van der Waals surface area (Å²) in [4.78, 5) is 109. The van der Waals surface area contributed by atoms with Crippen molar-refractivity contribution >= 4 is 66.0 Å². The van der Waals surface area contributed by atoms with Gasteiger partial charge in [-0.05, 0) is 114 Å². The lowest BCUT2D eigenvalue weighted by atomic mass is 9.48. The highest BCUT2D eigenvalue weighted by Gasteiger charge is 2.65. The van der Waals surface area contributed by atoms with Crippen LogP contribution in [0.4, 0.5) is 0 Å². The first-order valence-corrected chi connectivity index (χ1v) is 30.2. The minimum Gasteiger partial charge on any atom is -0.481 e. The molecule has 1 aliphatic heterocycles. The van der Waals surface area contributed by atoms with Crippen LogP contribution >= 0.6 is 12.6 Å². The third-order valence-electron chi connectivity index (χ3n) is 16.3. The molecule has 0 aromatic heterocycles. The summed E-state index contributed by atoms with van der Waals surface area (Å²) in [6.45, 7) is 29.5. The monoisotopic (exact) mass is 1200 g/mol. The number of carboxylic acids is 2. The Hall–Kier alpha value is -6.66. The van der Waals surface area contributed by atoms with Crippen molar-refractivity contribution in [1.29, 1.82) is 0 Å². The zero-order valence-electron chi connectivity index (χ0n) is 52.5. The van der Waals surface area contributed by atoms with Gasteiger partial charge in [-0.15, -0.1) is 0 Å². The number of amides is 3. The number of carboxylic acid groups (broad SMARTS) is 2. The van der Waals surface area contributed by atoms with Gasteiger partial charge in [-0.2, -0.15) is 12.6 Å². The van der Waals surface area contributed by atoms with Gasteiger partial charge >= 0.3 is 23.9 Å². The molecule has 1 aromatic carbocycles. The fourth-order valence-electron chi connectivity index (χ4n) is 11.6. The standard InChI is InChI=1S/C40H54O8.C12H17NO4S.C7H7NO.C4H10.C2H4O2.C2H6/c1-10-14-17-28(12-3)19-20-34(44)46-32-23-31-35(47-37(45)29(13-4)18-15-11-2)36-39(9,21-16-22-40(36,25-41)48-27(6)42)33(43)24-30(26(32)5)38(31,7)8;14-10-5-9(18)11(15)13(10)6-7-1-3-8(4-2-7)12(16)17;8-7(9)6-4-2-1-3-5-6;1-3-4-2;1-2(3)4;1-2/h10-15,17-18,31-32,35-36,41H,1-2,16,19-25H2,3-9H3;7-9,18H,1-6H2,(H,16,17);1-5H,(H2,8,9);3-4H2,1-2H3;1H3,(H,3,4);1-2H3/b17-14-,18-15-,28-12+,29-13+;;;;;/t31?,32?,35?,36-,39-,40?;;;;;/m0...../s1. The number of aliphatic carboxylic acids is 2. The zero-order chi connectivity index (χ0) is 64.8. The van der Waals surface area contributed by atoms with Crippen LogP contribution < -0.4 is 5.73 Å². The van der Waals surface area contributed by atoms with E-state index in [0.29, 0.717) is 57.1 Å². The van der Waals surface area contributed by atoms with Crippen molar-refractivity contribution < 1.29 is 72.7 Å². The summed E-state index contributed by atoms with van der Waals surface area (Å²) in [6, 6.07) is 8.76. The maximum atomic E-state index is 14.6. The molecule has 18 heteroatoms. The molecule has 0 radical (unpaired) electrons. The first-order chi connectivity index (χ1) is 40.1. The van der Waals surface area contributed by atoms with Crippen molar-refractivity contribution in [3.05, 3.63) is 120 Å². The molecule has 5 unspecified atom stereocenters. The Morgan fingerprint density at radius 1 is 0.847 bits per heavy atom. The number of ether oxygens (including phenoxy) is 3. The number of likely N-dealkylation sites (tertiary alicyclic amines) is 1. The lowest BCUT2D eigenvalue weighted by molar-refractivity contribution is -0.224. The number of aliphatic hydroxyl groups excluding tert-OH is 1. The van der Waals surface area contributed by atoms with Gasteiger partial charge in [-0.25, -0.2) is 4.79 Å². The summed E-state index contributed by atoms with van der Waals surface area (Å²) >= 11 is 4.08. The Kier molecular flexibility index (Phi) is 33.9. The van der Waals surface area contributed by atoms with Gasteiger partial charge in [0.05, 0.1) is 29.3 Å². The Labute approximate surface area is 510 Å². The molecule has 1 aromatic rings. The van der Waals surface area contributed by atoms with Crippen LogP contribution in [-0.4, -0.2) is 110 Å². The summed E-state index contributed by atoms with van der Waals surface area (Å²) in [6.07, 6.45) is 20.1. The highest BCUT2D eigenvalue weighted by atomic mass is 32.1. The number of carbonyl (C=O) groups is 9. The SMILES string of the molecule is C=C/C=C\C(=C/C)CCC(=O)OC1CC2C(OC(=O)C(/C=C\C=C)=C/C)[C@@H]3C(CO)(OC(C)=O)CCC[C@@]3(C)C(=O)CC(=C1C)C2(C)C.CC.CC(=O)O.CCCC.NC(=O)c1ccccc1.O=C(O)C1CCC(CN2C(=O)CC(S)C2=O)CC1. The minimum atomic E-state index is -1.47. The van der Waals surface area contributed by atoms with Crippen molar-refractivity contribution in [3.63, 3.8) is 0 Å². The van der Waals surface area contributed by atoms with E-state index in [1.165, 1.54) is 24.7 Å². The number of unbranched alkanes of at least 4 members (excludes halogenated alkanes) is 1. The molecule has 0 spiro atoms. The molecule has 6 rings (SSSR count). The molecular weight excluding hydrogens is 1100 g/mol. The molecule has 472 valence electrons. The number of benzene rings is 1. The normalized spacial score (nSPS) is 26.0.